The van der Waals surface area contributed by atoms with Crippen LogP contribution in [0.5, 0.6) is 0 Å². The fourth-order valence-electron chi connectivity index (χ4n) is 7.35. The van der Waals surface area contributed by atoms with Crippen LogP contribution < -0.4 is 0 Å². The van der Waals surface area contributed by atoms with Gasteiger partial charge in [0.15, 0.2) is 17.5 Å². The normalized spacial score (nSPS) is 11.1. The van der Waals surface area contributed by atoms with Crippen LogP contribution in [-0.4, -0.2) is 19.5 Å². The smallest absolute Gasteiger partial charge is 0.310 e. The van der Waals surface area contributed by atoms with Crippen LogP contribution in [0.15, 0.2) is 194 Å². The van der Waals surface area contributed by atoms with Gasteiger partial charge in [-0.05, 0) is 47.5 Å². The summed E-state index contributed by atoms with van der Waals surface area (Å²) in [5, 5.41) is 2.40. The number of fused-ring (bicyclic) bond motifs is 3. The SMILES string of the molecule is [U+2].[c-]1ccccc1-c1[c-]c(-c2ccc3c4ccccc4n(-c4ccc(-c5nc(-c6ccccc6)nc(-c6cccc(-c7ccccc7)c6)n5)cc4)c3c2)ccc1. The van der Waals surface area contributed by atoms with E-state index in [0.29, 0.717) is 17.5 Å². The minimum atomic E-state index is 0. The van der Waals surface area contributed by atoms with Gasteiger partial charge in [0, 0.05) is 38.7 Å². The molecule has 0 aliphatic heterocycles. The zero-order chi connectivity index (χ0) is 36.6. The summed E-state index contributed by atoms with van der Waals surface area (Å²) < 4.78 is 2.34. The predicted octanol–water partition coefficient (Wildman–Crippen LogP) is 12.6. The second kappa shape index (κ2) is 15.4. The van der Waals surface area contributed by atoms with Gasteiger partial charge in [-0.15, -0.1) is 23.8 Å². The number of aromatic nitrogens is 4. The van der Waals surface area contributed by atoms with Crippen molar-refractivity contribution in [2.75, 3.05) is 0 Å². The molecule has 10 rings (SSSR count). The number of para-hydroxylation sites is 1. The van der Waals surface area contributed by atoms with Crippen molar-refractivity contribution in [2.24, 2.45) is 0 Å². The van der Waals surface area contributed by atoms with Crippen molar-refractivity contribution in [1.82, 2.24) is 19.5 Å². The molecule has 0 N–H and O–H groups in total. The molecule has 0 bridgehead atoms. The molecule has 8 aromatic carbocycles. The summed E-state index contributed by atoms with van der Waals surface area (Å²) in [4.78, 5) is 15.1. The molecule has 0 atom stereocenters. The predicted molar refractivity (Wildman–Crippen MR) is 224 cm³/mol. The van der Waals surface area contributed by atoms with Crippen molar-refractivity contribution in [1.29, 1.82) is 0 Å². The molecule has 0 fully saturated rings. The second-order valence-corrected chi connectivity index (χ2v) is 13.5. The fraction of sp³-hybridized carbons (Fsp3) is 0. The van der Waals surface area contributed by atoms with Gasteiger partial charge in [-0.3, -0.25) is 0 Å². The van der Waals surface area contributed by atoms with Gasteiger partial charge in [0.1, 0.15) is 0 Å². The van der Waals surface area contributed by atoms with Crippen molar-refractivity contribution in [2.45, 2.75) is 0 Å². The van der Waals surface area contributed by atoms with Crippen LogP contribution >= 0.6 is 0 Å². The molecule has 56 heavy (non-hydrogen) atoms. The molecule has 0 aliphatic carbocycles. The van der Waals surface area contributed by atoms with E-state index >= 15 is 0 Å². The third-order valence-electron chi connectivity index (χ3n) is 10.1. The van der Waals surface area contributed by atoms with Crippen LogP contribution in [0.25, 0.3) is 95.0 Å². The first kappa shape index (κ1) is 35.3. The summed E-state index contributed by atoms with van der Waals surface area (Å²) in [5.41, 5.74) is 12.6. The van der Waals surface area contributed by atoms with Gasteiger partial charge in [0.25, 0.3) is 0 Å². The molecular weight excluding hydrogens is 907 g/mol. The Morgan fingerprint density at radius 1 is 0.357 bits per heavy atom. The molecule has 2 heterocycles. The Morgan fingerprint density at radius 3 is 1.66 bits per heavy atom. The number of benzene rings is 8. The number of hydrogen-bond donors (Lipinski definition) is 0. The third-order valence-corrected chi connectivity index (χ3v) is 10.1. The van der Waals surface area contributed by atoms with E-state index in [9.17, 15) is 0 Å². The first-order valence-corrected chi connectivity index (χ1v) is 18.4. The fourth-order valence-corrected chi connectivity index (χ4v) is 7.35. The zero-order valence-corrected chi connectivity index (χ0v) is 34.4. The Bertz CT molecular complexity index is 2960. The van der Waals surface area contributed by atoms with Crippen molar-refractivity contribution in [3.05, 3.63) is 206 Å². The first-order chi connectivity index (χ1) is 27.2. The van der Waals surface area contributed by atoms with Gasteiger partial charge in [0.2, 0.25) is 0 Å². The maximum absolute atomic E-state index is 5.07. The summed E-state index contributed by atoms with van der Waals surface area (Å²) >= 11 is 0. The minimum absolute atomic E-state index is 0. The van der Waals surface area contributed by atoms with E-state index in [2.05, 4.69) is 156 Å². The standard InChI is InChI=1S/C51H32N4.U/c1-4-14-35(15-5-1)39-20-12-22-41(32-39)42-28-31-46-45-24-10-11-25-47(45)55(48(46)34-42)44-29-26-38(27-30-44)50-52-49(37-18-8-3-9-19-37)53-51(54-50)43-23-13-21-40(33-43)36-16-6-2-7-17-36;/h1-14,16-31,33-34H;/q-2;+2. The van der Waals surface area contributed by atoms with Crippen LogP contribution in [0.2, 0.25) is 0 Å². The maximum Gasteiger partial charge on any atom is 2.00 e. The Balaban J connectivity index is 0.00000410. The molecule has 0 unspecified atom stereocenters. The van der Waals surface area contributed by atoms with Gasteiger partial charge in [-0.1, -0.05) is 121 Å². The quantitative estimate of drug-likeness (QED) is 0.150. The van der Waals surface area contributed by atoms with E-state index in [0.717, 1.165) is 66.8 Å². The Morgan fingerprint density at radius 2 is 0.911 bits per heavy atom. The molecule has 10 aromatic rings. The molecule has 0 spiro atoms. The summed E-state index contributed by atoms with van der Waals surface area (Å²) in [6.45, 7) is 0. The monoisotopic (exact) mass is 938 g/mol. The van der Waals surface area contributed by atoms with Crippen molar-refractivity contribution < 1.29 is 31.1 Å². The van der Waals surface area contributed by atoms with Gasteiger partial charge in [-0.25, -0.2) is 20.5 Å². The molecule has 5 heteroatoms. The van der Waals surface area contributed by atoms with E-state index in [1.807, 2.05) is 54.6 Å². The molecule has 0 amide bonds. The van der Waals surface area contributed by atoms with E-state index in [-0.39, 0.29) is 31.1 Å². The third kappa shape index (κ3) is 6.77. The molecule has 0 saturated heterocycles. The molecule has 0 radical (unpaired) electrons. The molecular formula is C51H32N4U. The Hall–Kier alpha value is -6.38. The van der Waals surface area contributed by atoms with Crippen molar-refractivity contribution in [3.63, 3.8) is 0 Å². The topological polar surface area (TPSA) is 43.6 Å². The number of rotatable bonds is 7. The van der Waals surface area contributed by atoms with E-state index in [1.54, 1.807) is 0 Å². The molecule has 4 nitrogen and oxygen atoms in total. The average Bonchev–Trinajstić information content (AvgIpc) is 3.61. The van der Waals surface area contributed by atoms with Gasteiger partial charge in [-0.2, -0.15) is 42.0 Å². The van der Waals surface area contributed by atoms with E-state index in [1.165, 1.54) is 10.8 Å². The van der Waals surface area contributed by atoms with Crippen molar-refractivity contribution in [3.8, 4) is 73.2 Å². The van der Waals surface area contributed by atoms with Crippen LogP contribution in [-0.2, 0) is 0 Å². The first-order valence-electron chi connectivity index (χ1n) is 18.4. The van der Waals surface area contributed by atoms with E-state index in [4.69, 9.17) is 15.0 Å². The van der Waals surface area contributed by atoms with Crippen LogP contribution in [0.1, 0.15) is 0 Å². The number of hydrogen-bond acceptors (Lipinski definition) is 3. The van der Waals surface area contributed by atoms with Crippen LogP contribution in [0.4, 0.5) is 0 Å². The van der Waals surface area contributed by atoms with Gasteiger partial charge >= 0.3 is 31.1 Å². The average molecular weight is 939 g/mol. The Labute approximate surface area is 349 Å². The van der Waals surface area contributed by atoms with Gasteiger partial charge < -0.3 is 4.57 Å². The largest absolute Gasteiger partial charge is 2.00 e. The zero-order valence-electron chi connectivity index (χ0n) is 30.3. The summed E-state index contributed by atoms with van der Waals surface area (Å²) in [6.07, 6.45) is 0. The van der Waals surface area contributed by atoms with Crippen molar-refractivity contribution >= 4 is 21.8 Å². The number of nitrogens with zero attached hydrogens (tertiary/aromatic N) is 4. The molecule has 0 aliphatic rings. The Kier molecular flexibility index (Phi) is 9.72. The maximum atomic E-state index is 5.07. The minimum Gasteiger partial charge on any atom is -0.310 e. The van der Waals surface area contributed by atoms with Crippen LogP contribution in [0, 0.1) is 43.2 Å². The molecule has 2 aromatic heterocycles. The van der Waals surface area contributed by atoms with E-state index < -0.39 is 0 Å². The summed E-state index contributed by atoms with van der Waals surface area (Å²) in [6, 6.07) is 74.1. The summed E-state index contributed by atoms with van der Waals surface area (Å²) in [7, 11) is 0. The summed E-state index contributed by atoms with van der Waals surface area (Å²) in [5.74, 6) is 1.89. The molecule has 260 valence electrons. The van der Waals surface area contributed by atoms with Crippen LogP contribution in [0.3, 0.4) is 0 Å². The molecule has 0 saturated carbocycles. The second-order valence-electron chi connectivity index (χ2n) is 13.5. The van der Waals surface area contributed by atoms with Gasteiger partial charge in [0.05, 0.1) is 5.52 Å².